The number of hydrogen-bond donors (Lipinski definition) is 2. The van der Waals surface area contributed by atoms with Crippen molar-refractivity contribution in [1.29, 1.82) is 0 Å². The monoisotopic (exact) mass is 298 g/mol. The fourth-order valence-corrected chi connectivity index (χ4v) is 1.80. The van der Waals surface area contributed by atoms with Gasteiger partial charge in [0, 0.05) is 16.2 Å². The van der Waals surface area contributed by atoms with Gasteiger partial charge < -0.3 is 10.6 Å². The van der Waals surface area contributed by atoms with Crippen molar-refractivity contribution in [2.75, 3.05) is 11.9 Å². The van der Waals surface area contributed by atoms with E-state index in [4.69, 9.17) is 0 Å². The van der Waals surface area contributed by atoms with Crippen molar-refractivity contribution < 1.29 is 4.79 Å². The van der Waals surface area contributed by atoms with E-state index in [-0.39, 0.29) is 5.91 Å². The SMILES string of the molecule is CCCC(C)NCC(=O)Nc1ccc(Br)cc1. The van der Waals surface area contributed by atoms with Gasteiger partial charge in [0.2, 0.25) is 5.91 Å². The lowest BCUT2D eigenvalue weighted by atomic mass is 10.2. The molecule has 1 rings (SSSR count). The summed E-state index contributed by atoms with van der Waals surface area (Å²) in [5.74, 6) is -0.00437. The Bertz CT molecular complexity index is 351. The molecule has 1 unspecified atom stereocenters. The Kier molecular flexibility index (Phi) is 6.22. The molecule has 94 valence electrons. The summed E-state index contributed by atoms with van der Waals surface area (Å²) in [6.07, 6.45) is 2.22. The molecule has 1 aromatic carbocycles. The maximum Gasteiger partial charge on any atom is 0.238 e. The van der Waals surface area contributed by atoms with Crippen molar-refractivity contribution in [3.63, 3.8) is 0 Å². The zero-order valence-corrected chi connectivity index (χ0v) is 11.9. The molecule has 1 atom stereocenters. The summed E-state index contributed by atoms with van der Waals surface area (Å²) in [5, 5.41) is 6.04. The highest BCUT2D eigenvalue weighted by Gasteiger charge is 2.04. The Balaban J connectivity index is 2.32. The maximum atomic E-state index is 11.6. The molecule has 0 aliphatic carbocycles. The van der Waals surface area contributed by atoms with E-state index >= 15 is 0 Å². The van der Waals surface area contributed by atoms with Crippen molar-refractivity contribution in [3.05, 3.63) is 28.7 Å². The first-order valence-corrected chi connectivity index (χ1v) is 6.70. The van der Waals surface area contributed by atoms with Crippen LogP contribution in [-0.4, -0.2) is 18.5 Å². The van der Waals surface area contributed by atoms with E-state index in [2.05, 4.69) is 40.4 Å². The topological polar surface area (TPSA) is 41.1 Å². The maximum absolute atomic E-state index is 11.6. The number of nitrogens with one attached hydrogen (secondary N) is 2. The van der Waals surface area contributed by atoms with Crippen molar-refractivity contribution in [3.8, 4) is 0 Å². The van der Waals surface area contributed by atoms with Gasteiger partial charge in [-0.3, -0.25) is 4.79 Å². The van der Waals surface area contributed by atoms with E-state index in [0.717, 1.165) is 23.0 Å². The first kappa shape index (κ1) is 14.2. The molecule has 0 bridgehead atoms. The molecule has 0 fully saturated rings. The van der Waals surface area contributed by atoms with Crippen molar-refractivity contribution in [2.24, 2.45) is 0 Å². The minimum atomic E-state index is -0.00437. The third-order valence-electron chi connectivity index (χ3n) is 2.46. The molecule has 1 amide bonds. The highest BCUT2D eigenvalue weighted by atomic mass is 79.9. The van der Waals surface area contributed by atoms with Gasteiger partial charge in [-0.25, -0.2) is 0 Å². The summed E-state index contributed by atoms with van der Waals surface area (Å²) in [4.78, 5) is 11.6. The number of benzene rings is 1. The van der Waals surface area contributed by atoms with E-state index < -0.39 is 0 Å². The smallest absolute Gasteiger partial charge is 0.238 e. The Morgan fingerprint density at radius 3 is 2.59 bits per heavy atom. The predicted octanol–water partition coefficient (Wildman–Crippen LogP) is 3.17. The number of amides is 1. The molecule has 4 heteroatoms. The molecule has 0 heterocycles. The van der Waals surface area contributed by atoms with Crippen LogP contribution < -0.4 is 10.6 Å². The minimum Gasteiger partial charge on any atom is -0.325 e. The normalized spacial score (nSPS) is 12.2. The fraction of sp³-hybridized carbons (Fsp3) is 0.462. The van der Waals surface area contributed by atoms with Crippen LogP contribution in [0.2, 0.25) is 0 Å². The third kappa shape index (κ3) is 5.84. The molecule has 0 spiro atoms. The zero-order chi connectivity index (χ0) is 12.7. The Hall–Kier alpha value is -0.870. The standard InChI is InChI=1S/C13H19BrN2O/c1-3-4-10(2)15-9-13(17)16-12-7-5-11(14)6-8-12/h5-8,10,15H,3-4,9H2,1-2H3,(H,16,17). The number of halogens is 1. The van der Waals surface area contributed by atoms with Gasteiger partial charge in [0.1, 0.15) is 0 Å². The van der Waals surface area contributed by atoms with Crippen LogP contribution in [-0.2, 0) is 4.79 Å². The second-order valence-electron chi connectivity index (χ2n) is 4.13. The van der Waals surface area contributed by atoms with Crippen LogP contribution in [0.25, 0.3) is 0 Å². The molecule has 2 N–H and O–H groups in total. The van der Waals surface area contributed by atoms with Crippen LogP contribution in [0, 0.1) is 0 Å². The van der Waals surface area contributed by atoms with Gasteiger partial charge in [0.25, 0.3) is 0 Å². The number of hydrogen-bond acceptors (Lipinski definition) is 2. The lowest BCUT2D eigenvalue weighted by molar-refractivity contribution is -0.115. The zero-order valence-electron chi connectivity index (χ0n) is 10.3. The Morgan fingerprint density at radius 2 is 2.00 bits per heavy atom. The van der Waals surface area contributed by atoms with Crippen LogP contribution in [0.1, 0.15) is 26.7 Å². The molecule has 0 aromatic heterocycles. The highest BCUT2D eigenvalue weighted by Crippen LogP contribution is 2.13. The molecule has 1 aromatic rings. The fourth-order valence-electron chi connectivity index (χ4n) is 1.54. The van der Waals surface area contributed by atoms with Crippen LogP contribution in [0.15, 0.2) is 28.7 Å². The number of rotatable bonds is 6. The third-order valence-corrected chi connectivity index (χ3v) is 2.99. The van der Waals surface area contributed by atoms with E-state index in [1.165, 1.54) is 0 Å². The minimum absolute atomic E-state index is 0.00437. The summed E-state index contributed by atoms with van der Waals surface area (Å²) in [5.41, 5.74) is 0.822. The first-order chi connectivity index (χ1) is 8.11. The van der Waals surface area contributed by atoms with Gasteiger partial charge in [0.15, 0.2) is 0 Å². The summed E-state index contributed by atoms with van der Waals surface area (Å²) < 4.78 is 1.00. The summed E-state index contributed by atoms with van der Waals surface area (Å²) in [6, 6.07) is 7.94. The van der Waals surface area contributed by atoms with Crippen LogP contribution in [0.5, 0.6) is 0 Å². The van der Waals surface area contributed by atoms with Crippen LogP contribution in [0.4, 0.5) is 5.69 Å². The summed E-state index contributed by atoms with van der Waals surface area (Å²) >= 11 is 3.35. The van der Waals surface area contributed by atoms with Gasteiger partial charge >= 0.3 is 0 Å². The quantitative estimate of drug-likeness (QED) is 0.847. The molecule has 0 saturated carbocycles. The number of carbonyl (C=O) groups excluding carboxylic acids is 1. The van der Waals surface area contributed by atoms with E-state index in [1.54, 1.807) is 0 Å². The second-order valence-corrected chi connectivity index (χ2v) is 5.04. The highest BCUT2D eigenvalue weighted by molar-refractivity contribution is 9.10. The Labute approximate surface area is 111 Å². The van der Waals surface area contributed by atoms with E-state index in [9.17, 15) is 4.79 Å². The summed E-state index contributed by atoms with van der Waals surface area (Å²) in [7, 11) is 0. The largest absolute Gasteiger partial charge is 0.325 e. The van der Waals surface area contributed by atoms with Gasteiger partial charge in [-0.2, -0.15) is 0 Å². The lowest BCUT2D eigenvalue weighted by Crippen LogP contribution is -2.34. The van der Waals surface area contributed by atoms with Crippen LogP contribution >= 0.6 is 15.9 Å². The average Bonchev–Trinajstić information content (AvgIpc) is 2.30. The van der Waals surface area contributed by atoms with Gasteiger partial charge in [-0.15, -0.1) is 0 Å². The lowest BCUT2D eigenvalue weighted by Gasteiger charge is -2.12. The van der Waals surface area contributed by atoms with Crippen LogP contribution in [0.3, 0.4) is 0 Å². The van der Waals surface area contributed by atoms with Crippen molar-refractivity contribution in [1.82, 2.24) is 5.32 Å². The molecule has 0 aliphatic rings. The number of anilines is 1. The predicted molar refractivity (Wildman–Crippen MR) is 75.1 cm³/mol. The molecule has 3 nitrogen and oxygen atoms in total. The first-order valence-electron chi connectivity index (χ1n) is 5.90. The van der Waals surface area contributed by atoms with Crippen molar-refractivity contribution >= 4 is 27.5 Å². The second kappa shape index (κ2) is 7.45. The molecule has 0 saturated heterocycles. The molecular weight excluding hydrogens is 280 g/mol. The molecule has 0 radical (unpaired) electrons. The average molecular weight is 299 g/mol. The molecule has 17 heavy (non-hydrogen) atoms. The van der Waals surface area contributed by atoms with E-state index in [0.29, 0.717) is 12.6 Å². The molecule has 0 aliphatic heterocycles. The van der Waals surface area contributed by atoms with Gasteiger partial charge in [-0.05, 0) is 37.6 Å². The molecular formula is C13H19BrN2O. The number of carbonyl (C=O) groups is 1. The summed E-state index contributed by atoms with van der Waals surface area (Å²) in [6.45, 7) is 4.59. The van der Waals surface area contributed by atoms with Crippen molar-refractivity contribution in [2.45, 2.75) is 32.7 Å². The van der Waals surface area contributed by atoms with E-state index in [1.807, 2.05) is 24.3 Å². The van der Waals surface area contributed by atoms with Gasteiger partial charge in [0.05, 0.1) is 6.54 Å². The Morgan fingerprint density at radius 1 is 1.35 bits per heavy atom. The van der Waals surface area contributed by atoms with Gasteiger partial charge in [-0.1, -0.05) is 29.3 Å².